The minimum atomic E-state index is -1.26. The highest BCUT2D eigenvalue weighted by molar-refractivity contribution is 6.31. The number of nitrogens with one attached hydrogen (secondary N) is 2. The van der Waals surface area contributed by atoms with Crippen molar-refractivity contribution in [2.75, 3.05) is 5.32 Å². The van der Waals surface area contributed by atoms with Gasteiger partial charge in [0.15, 0.2) is 0 Å². The van der Waals surface area contributed by atoms with Crippen LogP contribution in [-0.2, 0) is 0 Å². The van der Waals surface area contributed by atoms with Crippen molar-refractivity contribution in [1.82, 2.24) is 4.98 Å². The number of benzene rings is 1. The van der Waals surface area contributed by atoms with Gasteiger partial charge in [-0.1, -0.05) is 11.6 Å². The Labute approximate surface area is 112 Å². The van der Waals surface area contributed by atoms with E-state index in [1.54, 1.807) is 0 Å². The summed E-state index contributed by atoms with van der Waals surface area (Å²) >= 11 is 5.65. The fourth-order valence-electron chi connectivity index (χ4n) is 1.50. The molecule has 0 bridgehead atoms. The zero-order valence-corrected chi connectivity index (χ0v) is 10.2. The zero-order valence-electron chi connectivity index (χ0n) is 9.41. The molecule has 1 amide bonds. The number of aromatic amines is 1. The van der Waals surface area contributed by atoms with Gasteiger partial charge < -0.3 is 15.4 Å². The molecule has 0 spiro atoms. The number of hydrogen-bond donors (Lipinski definition) is 3. The summed E-state index contributed by atoms with van der Waals surface area (Å²) in [5, 5.41) is 11.6. The number of halogens is 2. The highest BCUT2D eigenvalue weighted by Gasteiger charge is 2.15. The van der Waals surface area contributed by atoms with Crippen LogP contribution in [0.3, 0.4) is 0 Å². The lowest BCUT2D eigenvalue weighted by Crippen LogP contribution is -2.15. The molecule has 3 N–H and O–H groups in total. The van der Waals surface area contributed by atoms with Crippen molar-refractivity contribution in [2.45, 2.75) is 0 Å². The van der Waals surface area contributed by atoms with Crippen LogP contribution in [-0.4, -0.2) is 22.0 Å². The van der Waals surface area contributed by atoms with Crippen molar-refractivity contribution >= 4 is 29.2 Å². The predicted octanol–water partition coefficient (Wildman–Crippen LogP) is 2.76. The topological polar surface area (TPSA) is 82.2 Å². The Kier molecular flexibility index (Phi) is 3.52. The van der Waals surface area contributed by atoms with Gasteiger partial charge in [0, 0.05) is 6.20 Å². The van der Waals surface area contributed by atoms with Crippen molar-refractivity contribution in [3.8, 4) is 0 Å². The molecular formula is C12H8ClFN2O3. The van der Waals surface area contributed by atoms with Crippen LogP contribution >= 0.6 is 11.6 Å². The van der Waals surface area contributed by atoms with Crippen LogP contribution in [0.5, 0.6) is 0 Å². The lowest BCUT2D eigenvalue weighted by Gasteiger charge is -2.07. The van der Waals surface area contributed by atoms with E-state index in [2.05, 4.69) is 10.3 Å². The van der Waals surface area contributed by atoms with Crippen molar-refractivity contribution in [3.63, 3.8) is 0 Å². The summed E-state index contributed by atoms with van der Waals surface area (Å²) in [6.45, 7) is 0. The van der Waals surface area contributed by atoms with Crippen molar-refractivity contribution in [3.05, 3.63) is 52.6 Å². The Balaban J connectivity index is 2.30. The molecule has 2 rings (SSSR count). The van der Waals surface area contributed by atoms with Gasteiger partial charge in [-0.2, -0.15) is 0 Å². The minimum Gasteiger partial charge on any atom is -0.478 e. The second-order valence-electron chi connectivity index (χ2n) is 3.68. The summed E-state index contributed by atoms with van der Waals surface area (Å²) in [6.07, 6.45) is 1.40. The van der Waals surface area contributed by atoms with Gasteiger partial charge in [0.05, 0.1) is 16.3 Å². The first-order valence-electron chi connectivity index (χ1n) is 5.15. The number of rotatable bonds is 3. The van der Waals surface area contributed by atoms with E-state index in [1.165, 1.54) is 12.3 Å². The first kappa shape index (κ1) is 13.1. The maximum atomic E-state index is 13.1. The molecule has 98 valence electrons. The van der Waals surface area contributed by atoms with Crippen LogP contribution in [0.25, 0.3) is 0 Å². The normalized spacial score (nSPS) is 10.2. The molecule has 0 fully saturated rings. The first-order valence-corrected chi connectivity index (χ1v) is 5.53. The molecule has 0 aliphatic carbocycles. The third-order valence-corrected chi connectivity index (χ3v) is 2.57. The average molecular weight is 283 g/mol. The van der Waals surface area contributed by atoms with Crippen LogP contribution in [0.2, 0.25) is 5.02 Å². The van der Waals surface area contributed by atoms with Crippen molar-refractivity contribution in [2.24, 2.45) is 0 Å². The minimum absolute atomic E-state index is 0.122. The van der Waals surface area contributed by atoms with Gasteiger partial charge in [0.25, 0.3) is 5.91 Å². The molecule has 1 aromatic carbocycles. The van der Waals surface area contributed by atoms with Gasteiger partial charge in [-0.15, -0.1) is 0 Å². The van der Waals surface area contributed by atoms with E-state index in [9.17, 15) is 14.0 Å². The van der Waals surface area contributed by atoms with Crippen LogP contribution in [0.15, 0.2) is 30.5 Å². The van der Waals surface area contributed by atoms with E-state index in [0.717, 1.165) is 18.2 Å². The number of aromatic nitrogens is 1. The highest BCUT2D eigenvalue weighted by Crippen LogP contribution is 2.19. The summed E-state index contributed by atoms with van der Waals surface area (Å²) in [5.74, 6) is -2.52. The third-order valence-electron chi connectivity index (χ3n) is 2.35. The van der Waals surface area contributed by atoms with Crippen LogP contribution in [0.1, 0.15) is 20.8 Å². The molecular weight excluding hydrogens is 275 g/mol. The van der Waals surface area contributed by atoms with Crippen molar-refractivity contribution in [1.29, 1.82) is 0 Å². The number of anilines is 1. The van der Waals surface area contributed by atoms with E-state index in [1.807, 2.05) is 0 Å². The number of carboxylic acids is 1. The Hall–Kier alpha value is -2.34. The van der Waals surface area contributed by atoms with Gasteiger partial charge in [0.1, 0.15) is 11.5 Å². The van der Waals surface area contributed by atoms with E-state index < -0.39 is 17.7 Å². The number of carboxylic acid groups (broad SMARTS) is 1. The summed E-state index contributed by atoms with van der Waals surface area (Å²) < 4.78 is 13.1. The predicted molar refractivity (Wildman–Crippen MR) is 67.1 cm³/mol. The molecule has 0 radical (unpaired) electrons. The lowest BCUT2D eigenvalue weighted by atomic mass is 10.1. The molecule has 0 saturated heterocycles. The Morgan fingerprint density at radius 1 is 1.32 bits per heavy atom. The first-order chi connectivity index (χ1) is 8.97. The van der Waals surface area contributed by atoms with Gasteiger partial charge in [-0.25, -0.2) is 9.18 Å². The van der Waals surface area contributed by atoms with Crippen LogP contribution in [0, 0.1) is 5.82 Å². The number of amides is 1. The smallest absolute Gasteiger partial charge is 0.337 e. The molecule has 1 heterocycles. The standard InChI is InChI=1S/C12H8ClFN2O3/c13-6-3-10(15-5-6)11(17)16-9-4-7(14)1-2-8(9)12(18)19/h1-5,15H,(H,16,17)(H,18,19). The zero-order chi connectivity index (χ0) is 14.0. The number of carbonyl (C=O) groups excluding carboxylic acids is 1. The largest absolute Gasteiger partial charge is 0.478 e. The quantitative estimate of drug-likeness (QED) is 0.809. The van der Waals surface area contributed by atoms with Crippen LogP contribution < -0.4 is 5.32 Å². The van der Waals surface area contributed by atoms with E-state index in [0.29, 0.717) is 5.02 Å². The summed E-state index contributed by atoms with van der Waals surface area (Å²) in [5.41, 5.74) is -0.179. The van der Waals surface area contributed by atoms with Crippen molar-refractivity contribution < 1.29 is 19.1 Å². The molecule has 0 unspecified atom stereocenters. The SMILES string of the molecule is O=C(Nc1cc(F)ccc1C(=O)O)c1cc(Cl)c[nH]1. The fourth-order valence-corrected chi connectivity index (χ4v) is 1.66. The number of carbonyl (C=O) groups is 2. The van der Waals surface area contributed by atoms with Gasteiger partial charge >= 0.3 is 5.97 Å². The summed E-state index contributed by atoms with van der Waals surface area (Å²) in [6, 6.07) is 4.39. The second-order valence-corrected chi connectivity index (χ2v) is 4.12. The number of aromatic carboxylic acids is 1. The number of H-pyrrole nitrogens is 1. The maximum absolute atomic E-state index is 13.1. The Bertz CT molecular complexity index is 654. The molecule has 0 aliphatic heterocycles. The van der Waals surface area contributed by atoms with E-state index in [-0.39, 0.29) is 16.9 Å². The molecule has 0 atom stereocenters. The van der Waals surface area contributed by atoms with E-state index >= 15 is 0 Å². The summed E-state index contributed by atoms with van der Waals surface area (Å²) in [7, 11) is 0. The molecule has 7 heteroatoms. The van der Waals surface area contributed by atoms with Gasteiger partial charge in [-0.05, 0) is 24.3 Å². The summed E-state index contributed by atoms with van der Waals surface area (Å²) in [4.78, 5) is 25.4. The van der Waals surface area contributed by atoms with E-state index in [4.69, 9.17) is 16.7 Å². The Morgan fingerprint density at radius 2 is 2.05 bits per heavy atom. The third kappa shape index (κ3) is 2.92. The lowest BCUT2D eigenvalue weighted by molar-refractivity contribution is 0.0698. The molecule has 0 aliphatic rings. The average Bonchev–Trinajstić information content (AvgIpc) is 2.75. The molecule has 2 aromatic rings. The van der Waals surface area contributed by atoms with Gasteiger partial charge in [0.2, 0.25) is 0 Å². The van der Waals surface area contributed by atoms with Gasteiger partial charge in [-0.3, -0.25) is 4.79 Å². The highest BCUT2D eigenvalue weighted by atomic mass is 35.5. The molecule has 0 saturated carbocycles. The maximum Gasteiger partial charge on any atom is 0.337 e. The fraction of sp³-hybridized carbons (Fsp3) is 0. The van der Waals surface area contributed by atoms with Crippen LogP contribution in [0.4, 0.5) is 10.1 Å². The molecule has 19 heavy (non-hydrogen) atoms. The molecule has 5 nitrogen and oxygen atoms in total. The second kappa shape index (κ2) is 5.11. The Morgan fingerprint density at radius 3 is 2.63 bits per heavy atom. The molecule has 1 aromatic heterocycles. The number of hydrogen-bond acceptors (Lipinski definition) is 2. The monoisotopic (exact) mass is 282 g/mol.